The zero-order chi connectivity index (χ0) is 59.5. The fourth-order valence-electron chi connectivity index (χ4n) is 11.6. The molecule has 2 unspecified atom stereocenters. The molecule has 0 saturated carbocycles. The number of ketones is 1. The average Bonchev–Trinajstić information content (AvgIpc) is 3.63. The lowest BCUT2D eigenvalue weighted by Gasteiger charge is -2.31. The molecule has 0 aliphatic heterocycles. The first-order chi connectivity index (χ1) is 40.2. The minimum Gasteiger partial charge on any atom is -0.466 e. The maximum Gasteiger partial charge on any atom is 0.340 e. The highest BCUT2D eigenvalue weighted by Crippen LogP contribution is 2.32. The van der Waals surface area contributed by atoms with Crippen molar-refractivity contribution in [1.29, 1.82) is 0 Å². The largest absolute Gasteiger partial charge is 0.466 e. The van der Waals surface area contributed by atoms with Gasteiger partial charge in [-0.25, -0.2) is 4.79 Å². The molecule has 0 radical (unpaired) electrons. The van der Waals surface area contributed by atoms with E-state index in [-0.39, 0.29) is 30.4 Å². The lowest BCUT2D eigenvalue weighted by Crippen LogP contribution is -2.55. The lowest BCUT2D eigenvalue weighted by atomic mass is 9.79. The fraction of sp³-hybridized carbons (Fsp3) is 0.863. The Bertz CT molecular complexity index is 1600. The number of carbonyl (C=O) groups is 4. The molecule has 0 saturated heterocycles. The van der Waals surface area contributed by atoms with Gasteiger partial charge in [0.2, 0.25) is 0 Å². The molecule has 1 rings (SSSR count). The van der Waals surface area contributed by atoms with Crippen LogP contribution in [0.3, 0.4) is 0 Å². The molecule has 0 bridgehead atoms. The summed E-state index contributed by atoms with van der Waals surface area (Å²) < 4.78 is 17.0. The molecule has 0 amide bonds. The number of aliphatic hydroxyl groups is 1. The zero-order valence-electron chi connectivity index (χ0n) is 54.1. The van der Waals surface area contributed by atoms with Crippen LogP contribution in [0.2, 0.25) is 5.02 Å². The predicted molar refractivity (Wildman–Crippen MR) is 348 cm³/mol. The second-order valence-corrected chi connectivity index (χ2v) is 25.3. The molecule has 0 spiro atoms. The maximum absolute atomic E-state index is 14.4. The van der Waals surface area contributed by atoms with E-state index in [9.17, 15) is 24.3 Å². The van der Waals surface area contributed by atoms with E-state index in [0.717, 1.165) is 57.8 Å². The first-order valence-electron chi connectivity index (χ1n) is 35.7. The molecule has 1 aromatic rings. The van der Waals surface area contributed by atoms with E-state index in [1.54, 1.807) is 12.1 Å². The van der Waals surface area contributed by atoms with Crippen LogP contribution in [0.15, 0.2) is 24.3 Å². The maximum atomic E-state index is 14.4. The Morgan fingerprint density at radius 1 is 0.366 bits per heavy atom. The van der Waals surface area contributed by atoms with E-state index in [1.807, 2.05) is 0 Å². The summed E-state index contributed by atoms with van der Waals surface area (Å²) in [5.74, 6) is -6.17. The first kappa shape index (κ1) is 77.6. The second kappa shape index (κ2) is 58.9. The average molecular weight is 1170 g/mol. The summed E-state index contributed by atoms with van der Waals surface area (Å²) >= 11 is 6.52. The van der Waals surface area contributed by atoms with Crippen molar-refractivity contribution in [2.75, 3.05) is 19.8 Å². The van der Waals surface area contributed by atoms with Gasteiger partial charge in [0.05, 0.1) is 31.3 Å². The standard InChI is InChI=1S/C73H131ClO8/c1-4-7-10-13-16-19-22-25-28-31-34-37-40-43-46-49-52-57-62-80-68(75)65-73(79,72(78)82-64-59-54-51-48-45-42-39-36-33-30-27-24-21-18-15-12-9-6-3)69(70(76)66-60-55-56-61-67(66)74)71(77)81-63-58-53-50-47-44-41-38-35-32-29-26-23-20-17-14-11-8-5-2/h55-56,60-61,69,79H,4-54,57-59,62-65H2,1-3H3. The van der Waals surface area contributed by atoms with E-state index in [2.05, 4.69) is 20.8 Å². The highest BCUT2D eigenvalue weighted by molar-refractivity contribution is 6.34. The van der Waals surface area contributed by atoms with Gasteiger partial charge in [0, 0.05) is 5.56 Å². The quantitative estimate of drug-likeness (QED) is 0.0225. The Kier molecular flexibility index (Phi) is 55.7. The molecule has 0 heterocycles. The molecular weight excluding hydrogens is 1040 g/mol. The van der Waals surface area contributed by atoms with Crippen molar-refractivity contribution in [3.8, 4) is 0 Å². The summed E-state index contributed by atoms with van der Waals surface area (Å²) in [4.78, 5) is 56.4. The third-order valence-corrected chi connectivity index (χ3v) is 17.4. The van der Waals surface area contributed by atoms with Crippen molar-refractivity contribution < 1.29 is 38.5 Å². The number of carbonyl (C=O) groups excluding carboxylic acids is 4. The third kappa shape index (κ3) is 44.9. The van der Waals surface area contributed by atoms with Gasteiger partial charge in [-0.1, -0.05) is 372 Å². The molecule has 9 heteroatoms. The normalized spacial score (nSPS) is 12.6. The molecule has 8 nitrogen and oxygen atoms in total. The van der Waals surface area contributed by atoms with Crippen LogP contribution in [0, 0.1) is 5.92 Å². The van der Waals surface area contributed by atoms with Gasteiger partial charge in [-0.2, -0.15) is 0 Å². The van der Waals surface area contributed by atoms with Gasteiger partial charge in [0.15, 0.2) is 17.3 Å². The molecule has 0 fully saturated rings. The van der Waals surface area contributed by atoms with Gasteiger partial charge in [0.25, 0.3) is 0 Å². The monoisotopic (exact) mass is 1170 g/mol. The molecule has 82 heavy (non-hydrogen) atoms. The van der Waals surface area contributed by atoms with Crippen LogP contribution >= 0.6 is 11.6 Å². The van der Waals surface area contributed by atoms with Crippen molar-refractivity contribution in [3.05, 3.63) is 34.9 Å². The number of rotatable bonds is 64. The summed E-state index contributed by atoms with van der Waals surface area (Å²) in [5, 5.41) is 12.5. The molecule has 1 aromatic carbocycles. The van der Waals surface area contributed by atoms with Crippen LogP contribution in [-0.2, 0) is 28.6 Å². The number of unbranched alkanes of at least 4 members (excludes halogenated alkanes) is 51. The number of benzene rings is 1. The van der Waals surface area contributed by atoms with Gasteiger partial charge in [-0.3, -0.25) is 14.4 Å². The Balaban J connectivity index is 2.71. The van der Waals surface area contributed by atoms with Crippen LogP contribution in [0.25, 0.3) is 0 Å². The fourth-order valence-corrected chi connectivity index (χ4v) is 11.9. The van der Waals surface area contributed by atoms with Crippen LogP contribution in [-0.4, -0.2) is 54.2 Å². The van der Waals surface area contributed by atoms with Gasteiger partial charge >= 0.3 is 17.9 Å². The molecular formula is C73H131ClO8. The Hall–Kier alpha value is -2.45. The van der Waals surface area contributed by atoms with Crippen LogP contribution < -0.4 is 0 Å². The van der Waals surface area contributed by atoms with Crippen molar-refractivity contribution in [3.63, 3.8) is 0 Å². The first-order valence-corrected chi connectivity index (χ1v) is 36.1. The van der Waals surface area contributed by atoms with E-state index < -0.39 is 41.6 Å². The summed E-state index contributed by atoms with van der Waals surface area (Å²) in [6, 6.07) is 6.22. The molecule has 1 N–H and O–H groups in total. The number of halogens is 1. The minimum absolute atomic E-state index is 0.0120. The van der Waals surface area contributed by atoms with Gasteiger partial charge in [-0.05, 0) is 31.4 Å². The van der Waals surface area contributed by atoms with Gasteiger partial charge in [0.1, 0.15) is 0 Å². The molecule has 0 aliphatic rings. The smallest absolute Gasteiger partial charge is 0.340 e. The Labute approximate surface area is 511 Å². The van der Waals surface area contributed by atoms with Crippen molar-refractivity contribution in [2.24, 2.45) is 5.92 Å². The number of Topliss-reactive ketones (excluding diaryl/α,β-unsaturated/α-hetero) is 1. The van der Waals surface area contributed by atoms with Crippen LogP contribution in [0.5, 0.6) is 0 Å². The lowest BCUT2D eigenvalue weighted by molar-refractivity contribution is -0.183. The second-order valence-electron chi connectivity index (χ2n) is 24.9. The SMILES string of the molecule is CCCCCCCCCCCCCCCCCCCCOC(=O)CC(O)(C(=O)OCCCCCCCCCCCCCCCCCCCC)C(C(=O)OCCCCCCCCCCCCCCCCCCCC)C(=O)c1ccccc1Cl. The summed E-state index contributed by atoms with van der Waals surface area (Å²) in [6.45, 7) is 6.92. The van der Waals surface area contributed by atoms with E-state index >= 15 is 0 Å². The van der Waals surface area contributed by atoms with Gasteiger partial charge < -0.3 is 19.3 Å². The van der Waals surface area contributed by atoms with E-state index in [1.165, 1.54) is 282 Å². The van der Waals surface area contributed by atoms with E-state index in [4.69, 9.17) is 25.8 Å². The third-order valence-electron chi connectivity index (χ3n) is 17.1. The molecule has 478 valence electrons. The summed E-state index contributed by atoms with van der Waals surface area (Å²) in [5.41, 5.74) is -2.93. The predicted octanol–water partition coefficient (Wildman–Crippen LogP) is 23.0. The number of hydrogen-bond acceptors (Lipinski definition) is 8. The number of esters is 3. The zero-order valence-corrected chi connectivity index (χ0v) is 54.8. The summed E-state index contributed by atoms with van der Waals surface area (Å²) in [7, 11) is 0. The van der Waals surface area contributed by atoms with Gasteiger partial charge in [-0.15, -0.1) is 0 Å². The van der Waals surface area contributed by atoms with Crippen molar-refractivity contribution in [2.45, 2.75) is 380 Å². The van der Waals surface area contributed by atoms with Crippen molar-refractivity contribution >= 4 is 35.3 Å². The van der Waals surface area contributed by atoms with E-state index in [0.29, 0.717) is 19.3 Å². The Morgan fingerprint density at radius 2 is 0.610 bits per heavy atom. The topological polar surface area (TPSA) is 116 Å². The number of ether oxygens (including phenoxy) is 3. The van der Waals surface area contributed by atoms with Crippen LogP contribution in [0.4, 0.5) is 0 Å². The summed E-state index contributed by atoms with van der Waals surface area (Å²) in [6.07, 6.45) is 65.8. The highest BCUT2D eigenvalue weighted by atomic mass is 35.5. The number of hydrogen-bond donors (Lipinski definition) is 1. The minimum atomic E-state index is -2.87. The van der Waals surface area contributed by atoms with Crippen molar-refractivity contribution in [1.82, 2.24) is 0 Å². The highest BCUT2D eigenvalue weighted by Gasteiger charge is 2.56. The molecule has 0 aromatic heterocycles. The van der Waals surface area contributed by atoms with Crippen LogP contribution in [0.1, 0.15) is 384 Å². The molecule has 2 atom stereocenters. The Morgan fingerprint density at radius 3 is 0.890 bits per heavy atom. The molecule has 0 aliphatic carbocycles.